The second-order valence-electron chi connectivity index (χ2n) is 5.87. The lowest BCUT2D eigenvalue weighted by atomic mass is 9.80. The fourth-order valence-corrected chi connectivity index (χ4v) is 2.19. The summed E-state index contributed by atoms with van der Waals surface area (Å²) < 4.78 is 5.48. The molecule has 1 saturated carbocycles. The van der Waals surface area contributed by atoms with Gasteiger partial charge in [0.2, 0.25) is 0 Å². The largest absolute Gasteiger partial charge is 0.484 e. The van der Waals surface area contributed by atoms with Gasteiger partial charge in [-0.25, -0.2) is 0 Å². The summed E-state index contributed by atoms with van der Waals surface area (Å²) >= 11 is 0. The fraction of sp³-hybridized carbons (Fsp3) is 0.562. The summed E-state index contributed by atoms with van der Waals surface area (Å²) in [5, 5.41) is 12.6. The van der Waals surface area contributed by atoms with Gasteiger partial charge in [-0.3, -0.25) is 4.79 Å². The third-order valence-corrected chi connectivity index (χ3v) is 3.79. The van der Waals surface area contributed by atoms with E-state index < -0.39 is 5.60 Å². The van der Waals surface area contributed by atoms with Gasteiger partial charge in [-0.05, 0) is 42.9 Å². The zero-order valence-corrected chi connectivity index (χ0v) is 12.2. The number of aliphatic hydroxyl groups is 1. The van der Waals surface area contributed by atoms with Crippen molar-refractivity contribution in [1.82, 2.24) is 5.32 Å². The van der Waals surface area contributed by atoms with Gasteiger partial charge in [0.05, 0.1) is 5.60 Å². The molecule has 4 nitrogen and oxygen atoms in total. The van der Waals surface area contributed by atoms with E-state index in [1.54, 1.807) is 0 Å². The monoisotopic (exact) mass is 277 g/mol. The lowest BCUT2D eigenvalue weighted by molar-refractivity contribution is -0.125. The number of ether oxygens (including phenoxy) is 1. The number of amides is 1. The first-order valence-electron chi connectivity index (χ1n) is 7.20. The van der Waals surface area contributed by atoms with Crippen molar-refractivity contribution in [2.45, 2.75) is 44.6 Å². The lowest BCUT2D eigenvalue weighted by Crippen LogP contribution is -2.48. The average Bonchev–Trinajstić information content (AvgIpc) is 2.41. The van der Waals surface area contributed by atoms with Crippen molar-refractivity contribution in [3.8, 4) is 5.75 Å². The Morgan fingerprint density at radius 3 is 2.80 bits per heavy atom. The Hall–Kier alpha value is -1.55. The smallest absolute Gasteiger partial charge is 0.258 e. The number of rotatable bonds is 6. The first-order valence-corrected chi connectivity index (χ1v) is 7.20. The molecule has 0 aliphatic heterocycles. The standard InChI is InChI=1S/C16H23NO3/c1-12(2)13-5-3-6-14(9-13)20-10-15(18)17-11-16(19)7-4-8-16/h3,5-6,9,12,19H,4,7-8,10-11H2,1-2H3,(H,17,18). The predicted molar refractivity (Wildman–Crippen MR) is 77.8 cm³/mol. The number of hydrogen-bond acceptors (Lipinski definition) is 3. The van der Waals surface area contributed by atoms with E-state index in [2.05, 4.69) is 19.2 Å². The Labute approximate surface area is 120 Å². The SMILES string of the molecule is CC(C)c1cccc(OCC(=O)NCC2(O)CCC2)c1. The second kappa shape index (κ2) is 6.27. The van der Waals surface area contributed by atoms with E-state index in [0.29, 0.717) is 18.2 Å². The highest BCUT2D eigenvalue weighted by Gasteiger charge is 2.34. The van der Waals surface area contributed by atoms with Crippen molar-refractivity contribution in [3.63, 3.8) is 0 Å². The molecule has 20 heavy (non-hydrogen) atoms. The molecule has 0 spiro atoms. The zero-order chi connectivity index (χ0) is 14.6. The molecule has 0 saturated heterocycles. The van der Waals surface area contributed by atoms with Gasteiger partial charge >= 0.3 is 0 Å². The van der Waals surface area contributed by atoms with E-state index in [0.717, 1.165) is 19.3 Å². The Bertz CT molecular complexity index is 467. The normalized spacial score (nSPS) is 16.6. The topological polar surface area (TPSA) is 58.6 Å². The van der Waals surface area contributed by atoms with Crippen LogP contribution in [0, 0.1) is 0 Å². The number of nitrogens with one attached hydrogen (secondary N) is 1. The van der Waals surface area contributed by atoms with Crippen LogP contribution in [0.2, 0.25) is 0 Å². The van der Waals surface area contributed by atoms with Crippen LogP contribution in [0.5, 0.6) is 5.75 Å². The fourth-order valence-electron chi connectivity index (χ4n) is 2.19. The molecule has 2 N–H and O–H groups in total. The molecule has 1 aliphatic rings. The van der Waals surface area contributed by atoms with Crippen LogP contribution in [0.25, 0.3) is 0 Å². The molecule has 2 rings (SSSR count). The van der Waals surface area contributed by atoms with Crippen LogP contribution in [0.4, 0.5) is 0 Å². The summed E-state index contributed by atoms with van der Waals surface area (Å²) in [4.78, 5) is 11.7. The Kier molecular flexibility index (Phi) is 4.65. The highest BCUT2D eigenvalue weighted by Crippen LogP contribution is 2.30. The third kappa shape index (κ3) is 3.97. The number of carbonyl (C=O) groups is 1. The highest BCUT2D eigenvalue weighted by molar-refractivity contribution is 5.77. The van der Waals surface area contributed by atoms with Crippen LogP contribution in [0.1, 0.15) is 44.6 Å². The van der Waals surface area contributed by atoms with Gasteiger partial charge in [-0.2, -0.15) is 0 Å². The molecular formula is C16H23NO3. The van der Waals surface area contributed by atoms with Gasteiger partial charge in [0.25, 0.3) is 5.91 Å². The maximum absolute atomic E-state index is 11.7. The molecule has 0 atom stereocenters. The molecule has 0 radical (unpaired) electrons. The molecule has 1 aliphatic carbocycles. The Morgan fingerprint density at radius 1 is 1.45 bits per heavy atom. The van der Waals surface area contributed by atoms with E-state index >= 15 is 0 Å². The highest BCUT2D eigenvalue weighted by atomic mass is 16.5. The molecule has 0 unspecified atom stereocenters. The van der Waals surface area contributed by atoms with Crippen LogP contribution < -0.4 is 10.1 Å². The van der Waals surface area contributed by atoms with Gasteiger partial charge in [-0.1, -0.05) is 26.0 Å². The van der Waals surface area contributed by atoms with Crippen molar-refractivity contribution in [2.75, 3.05) is 13.2 Å². The van der Waals surface area contributed by atoms with E-state index in [-0.39, 0.29) is 12.5 Å². The number of hydrogen-bond donors (Lipinski definition) is 2. The first kappa shape index (κ1) is 14.9. The van der Waals surface area contributed by atoms with Crippen molar-refractivity contribution in [3.05, 3.63) is 29.8 Å². The summed E-state index contributed by atoms with van der Waals surface area (Å²) in [6.07, 6.45) is 2.57. The molecule has 4 heteroatoms. The van der Waals surface area contributed by atoms with E-state index in [4.69, 9.17) is 4.74 Å². The first-order chi connectivity index (χ1) is 9.48. The predicted octanol–water partition coefficient (Wildman–Crippen LogP) is 2.22. The second-order valence-corrected chi connectivity index (χ2v) is 5.87. The minimum Gasteiger partial charge on any atom is -0.484 e. The molecule has 1 aromatic rings. The molecule has 0 bridgehead atoms. The molecular weight excluding hydrogens is 254 g/mol. The molecule has 110 valence electrons. The molecule has 1 fully saturated rings. The number of benzene rings is 1. The molecule has 1 amide bonds. The van der Waals surface area contributed by atoms with Crippen molar-refractivity contribution < 1.29 is 14.6 Å². The van der Waals surface area contributed by atoms with Crippen molar-refractivity contribution in [2.24, 2.45) is 0 Å². The van der Waals surface area contributed by atoms with Crippen LogP contribution in [-0.2, 0) is 4.79 Å². The average molecular weight is 277 g/mol. The van der Waals surface area contributed by atoms with Crippen molar-refractivity contribution >= 4 is 5.91 Å². The Balaban J connectivity index is 1.76. The molecule has 1 aromatic carbocycles. The number of carbonyl (C=O) groups excluding carboxylic acids is 1. The molecule has 0 heterocycles. The summed E-state index contributed by atoms with van der Waals surface area (Å²) in [5.74, 6) is 0.939. The van der Waals surface area contributed by atoms with Crippen molar-refractivity contribution in [1.29, 1.82) is 0 Å². The summed E-state index contributed by atoms with van der Waals surface area (Å²) in [6, 6.07) is 7.78. The van der Waals surface area contributed by atoms with Crippen LogP contribution in [0.3, 0.4) is 0 Å². The lowest BCUT2D eigenvalue weighted by Gasteiger charge is -2.36. The van der Waals surface area contributed by atoms with E-state index in [1.807, 2.05) is 24.3 Å². The van der Waals surface area contributed by atoms with Gasteiger partial charge in [0, 0.05) is 6.54 Å². The summed E-state index contributed by atoms with van der Waals surface area (Å²) in [7, 11) is 0. The third-order valence-electron chi connectivity index (χ3n) is 3.79. The maximum Gasteiger partial charge on any atom is 0.258 e. The van der Waals surface area contributed by atoms with Crippen LogP contribution in [0.15, 0.2) is 24.3 Å². The van der Waals surface area contributed by atoms with Crippen LogP contribution in [-0.4, -0.2) is 29.8 Å². The zero-order valence-electron chi connectivity index (χ0n) is 12.2. The van der Waals surface area contributed by atoms with Gasteiger partial charge in [-0.15, -0.1) is 0 Å². The summed E-state index contributed by atoms with van der Waals surface area (Å²) in [5.41, 5.74) is 0.499. The minimum absolute atomic E-state index is 0.0162. The Morgan fingerprint density at radius 2 is 2.20 bits per heavy atom. The van der Waals surface area contributed by atoms with Gasteiger partial charge < -0.3 is 15.2 Å². The minimum atomic E-state index is -0.687. The summed E-state index contributed by atoms with van der Waals surface area (Å²) in [6.45, 7) is 4.54. The van der Waals surface area contributed by atoms with Gasteiger partial charge in [0.15, 0.2) is 6.61 Å². The van der Waals surface area contributed by atoms with Gasteiger partial charge in [0.1, 0.15) is 5.75 Å². The maximum atomic E-state index is 11.7. The van der Waals surface area contributed by atoms with Crippen LogP contribution >= 0.6 is 0 Å². The molecule has 0 aromatic heterocycles. The van der Waals surface area contributed by atoms with E-state index in [9.17, 15) is 9.90 Å². The van der Waals surface area contributed by atoms with E-state index in [1.165, 1.54) is 5.56 Å². The quantitative estimate of drug-likeness (QED) is 0.838.